The number of rotatable bonds is 13. The van der Waals surface area contributed by atoms with E-state index in [1.165, 1.54) is 4.90 Å². The first-order valence-electron chi connectivity index (χ1n) is 13.2. The van der Waals surface area contributed by atoms with Crippen LogP contribution in [0.1, 0.15) is 40.0 Å². The van der Waals surface area contributed by atoms with Crippen molar-refractivity contribution in [1.82, 2.24) is 20.7 Å². The van der Waals surface area contributed by atoms with Crippen molar-refractivity contribution < 1.29 is 24.2 Å². The number of nitrogens with zero attached hydrogens (tertiary/aromatic N) is 2. The zero-order valence-electron chi connectivity index (χ0n) is 24.8. The fraction of sp³-hybridized carbons (Fsp3) is 0.226. The molecule has 228 valence electrons. The lowest BCUT2D eigenvalue weighted by Gasteiger charge is -2.25. The maximum atomic E-state index is 12.8. The van der Waals surface area contributed by atoms with E-state index < -0.39 is 6.04 Å². The number of anilines is 1. The Morgan fingerprint density at radius 2 is 1.79 bits per heavy atom. The minimum absolute atomic E-state index is 0.0343. The molecule has 3 aromatic rings. The molecule has 0 saturated heterocycles. The molecule has 1 aromatic heterocycles. The number of likely N-dealkylation sites (N-methyl/N-ethyl adjacent to an activating group) is 1. The minimum Gasteiger partial charge on any atom is -0.516 e. The van der Waals surface area contributed by atoms with Gasteiger partial charge in [0.1, 0.15) is 5.84 Å². The number of hydrazine groups is 1. The third kappa shape index (κ3) is 10.1. The van der Waals surface area contributed by atoms with Crippen LogP contribution in [0.15, 0.2) is 86.0 Å². The number of hydrogen-bond acceptors (Lipinski definition) is 9. The number of ether oxygens (including phenoxy) is 2. The van der Waals surface area contributed by atoms with Gasteiger partial charge in [0.25, 0.3) is 11.8 Å². The molecule has 7 N–H and O–H groups in total. The van der Waals surface area contributed by atoms with Crippen molar-refractivity contribution in [2.45, 2.75) is 19.9 Å². The highest BCUT2D eigenvalue weighted by atomic mass is 16.5. The lowest BCUT2D eigenvalue weighted by atomic mass is 10.0. The number of hydrogen-bond donors (Lipinski definition) is 6. The topological polar surface area (TPSA) is 175 Å². The number of nitrogen functional groups attached to an aromatic ring is 1. The number of aromatic nitrogens is 1. The number of aliphatic hydroxyl groups excluding tert-OH is 1. The van der Waals surface area contributed by atoms with Gasteiger partial charge in [0, 0.05) is 43.3 Å². The number of amides is 2. The zero-order chi connectivity index (χ0) is 31.9. The minimum atomic E-state index is -0.543. The number of nitrogens with one attached hydrogen (secondary N) is 4. The van der Waals surface area contributed by atoms with Crippen molar-refractivity contribution in [3.63, 3.8) is 0 Å². The summed E-state index contributed by atoms with van der Waals surface area (Å²) in [6, 6.07) is 13.5. The van der Waals surface area contributed by atoms with Crippen LogP contribution in [0.3, 0.4) is 0 Å². The Balaban J connectivity index is 0.00000206. The number of pyridine rings is 1. The molecule has 1 atom stereocenters. The average Bonchev–Trinajstić information content (AvgIpc) is 2.98. The number of nitrogens with two attached hydrogens (primary N) is 1. The van der Waals surface area contributed by atoms with Gasteiger partial charge in [-0.2, -0.15) is 0 Å². The second-order valence-corrected chi connectivity index (χ2v) is 9.26. The molecule has 0 aliphatic rings. The number of carbonyl (C=O) groups excluding carboxylic acids is 2. The van der Waals surface area contributed by atoms with Gasteiger partial charge in [0.15, 0.2) is 18.1 Å². The van der Waals surface area contributed by atoms with Crippen molar-refractivity contribution >= 4 is 23.3 Å². The fourth-order valence-electron chi connectivity index (χ4n) is 3.65. The summed E-state index contributed by atoms with van der Waals surface area (Å²) in [7, 11) is 3.32. The van der Waals surface area contributed by atoms with Gasteiger partial charge >= 0.3 is 0 Å². The predicted molar refractivity (Wildman–Crippen MR) is 167 cm³/mol. The van der Waals surface area contributed by atoms with Gasteiger partial charge in [-0.1, -0.05) is 19.2 Å². The van der Waals surface area contributed by atoms with Crippen LogP contribution in [0, 0.1) is 12.3 Å². The fourth-order valence-corrected chi connectivity index (χ4v) is 3.65. The van der Waals surface area contributed by atoms with Crippen LogP contribution in [0.25, 0.3) is 0 Å². The summed E-state index contributed by atoms with van der Waals surface area (Å²) in [6.45, 7) is 11.0. The monoisotopic (exact) mass is 589 g/mol. The molecule has 12 nitrogen and oxygen atoms in total. The quantitative estimate of drug-likeness (QED) is 0.0749. The van der Waals surface area contributed by atoms with E-state index in [1.54, 1.807) is 75.9 Å². The first-order chi connectivity index (χ1) is 20.5. The lowest BCUT2D eigenvalue weighted by Crippen LogP contribution is -2.39. The van der Waals surface area contributed by atoms with Gasteiger partial charge < -0.3 is 36.0 Å². The predicted octanol–water partition coefficient (Wildman–Crippen LogP) is 3.83. The second kappa shape index (κ2) is 16.7. The SMILES string of the molecule is C=C(NNC(=O)c1ccncc1C)C(Nc1ccc(C(=N)N)cc1)c1ccc(OCC(=O)N(C)C)c(OCC)c1.C=CO. The standard InChI is InChI=1S/C29H35N7O4.C2H4O/c1-6-39-25-15-21(9-12-24(25)40-17-26(37)36(4)5)27(33-22-10-7-20(8-11-22)28(30)31)19(3)34-35-29(38)23-13-14-32-16-18(23)2;1-2-3/h7-16,27,33-34H,3,6,17H2,1-2,4-5H3,(H3,30,31)(H,35,38);2-3H,1H2. The summed E-state index contributed by atoms with van der Waals surface area (Å²) in [5, 5.41) is 18.4. The summed E-state index contributed by atoms with van der Waals surface area (Å²) >= 11 is 0. The third-order valence-electron chi connectivity index (χ3n) is 5.91. The zero-order valence-corrected chi connectivity index (χ0v) is 24.8. The van der Waals surface area contributed by atoms with Crippen molar-refractivity contribution in [1.29, 1.82) is 5.41 Å². The van der Waals surface area contributed by atoms with Gasteiger partial charge in [-0.05, 0) is 67.4 Å². The smallest absolute Gasteiger partial charge is 0.269 e. The van der Waals surface area contributed by atoms with Crippen molar-refractivity contribution in [2.24, 2.45) is 5.73 Å². The molecule has 0 aliphatic carbocycles. The van der Waals surface area contributed by atoms with E-state index in [9.17, 15) is 9.59 Å². The van der Waals surface area contributed by atoms with Crippen LogP contribution in [0.5, 0.6) is 11.5 Å². The second-order valence-electron chi connectivity index (χ2n) is 9.26. The number of aliphatic hydroxyl groups is 1. The summed E-state index contributed by atoms with van der Waals surface area (Å²) < 4.78 is 11.6. The Morgan fingerprint density at radius 1 is 1.12 bits per heavy atom. The summed E-state index contributed by atoms with van der Waals surface area (Å²) in [4.78, 5) is 30.3. The summed E-state index contributed by atoms with van der Waals surface area (Å²) in [5.74, 6) is 0.320. The summed E-state index contributed by atoms with van der Waals surface area (Å²) in [6.07, 6.45) is 3.92. The van der Waals surface area contributed by atoms with E-state index in [4.69, 9.17) is 25.7 Å². The molecule has 0 aliphatic heterocycles. The highest BCUT2D eigenvalue weighted by Crippen LogP contribution is 2.34. The average molecular weight is 590 g/mol. The van der Waals surface area contributed by atoms with E-state index in [0.717, 1.165) is 23.1 Å². The number of benzene rings is 2. The Morgan fingerprint density at radius 3 is 2.37 bits per heavy atom. The normalized spacial score (nSPS) is 10.6. The molecule has 2 amide bonds. The van der Waals surface area contributed by atoms with Crippen molar-refractivity contribution in [3.05, 3.63) is 108 Å². The molecule has 2 aromatic carbocycles. The molecule has 0 radical (unpaired) electrons. The van der Waals surface area contributed by atoms with Gasteiger partial charge in [0.05, 0.1) is 24.6 Å². The third-order valence-corrected chi connectivity index (χ3v) is 5.91. The Kier molecular flexibility index (Phi) is 13.1. The molecule has 0 fully saturated rings. The number of carbonyl (C=O) groups is 2. The maximum absolute atomic E-state index is 12.8. The number of amidine groups is 1. The van der Waals surface area contributed by atoms with Crippen LogP contribution in [-0.2, 0) is 4.79 Å². The van der Waals surface area contributed by atoms with Crippen LogP contribution >= 0.6 is 0 Å². The molecular formula is C31H39N7O5. The van der Waals surface area contributed by atoms with Crippen LogP contribution < -0.4 is 31.4 Å². The van der Waals surface area contributed by atoms with E-state index in [2.05, 4.69) is 34.3 Å². The molecule has 3 rings (SSSR count). The molecular weight excluding hydrogens is 550 g/mol. The van der Waals surface area contributed by atoms with Crippen LogP contribution in [0.4, 0.5) is 5.69 Å². The first kappa shape index (κ1) is 33.7. The molecule has 0 saturated carbocycles. The van der Waals surface area contributed by atoms with Gasteiger partial charge in [-0.3, -0.25) is 25.4 Å². The largest absolute Gasteiger partial charge is 0.516 e. The molecule has 12 heteroatoms. The van der Waals surface area contributed by atoms with E-state index in [1.807, 2.05) is 13.0 Å². The van der Waals surface area contributed by atoms with Gasteiger partial charge in [0.2, 0.25) is 0 Å². The first-order valence-corrected chi connectivity index (χ1v) is 13.2. The summed E-state index contributed by atoms with van der Waals surface area (Å²) in [5.41, 5.74) is 14.9. The maximum Gasteiger partial charge on any atom is 0.269 e. The Labute approximate surface area is 251 Å². The number of aryl methyl sites for hydroxylation is 1. The van der Waals surface area contributed by atoms with E-state index in [0.29, 0.717) is 34.9 Å². The molecule has 0 bridgehead atoms. The lowest BCUT2D eigenvalue weighted by molar-refractivity contribution is -0.130. The molecule has 43 heavy (non-hydrogen) atoms. The van der Waals surface area contributed by atoms with Crippen LogP contribution in [0.2, 0.25) is 0 Å². The highest BCUT2D eigenvalue weighted by Gasteiger charge is 2.20. The van der Waals surface area contributed by atoms with Crippen molar-refractivity contribution in [2.75, 3.05) is 32.6 Å². The molecule has 1 heterocycles. The Bertz CT molecular complexity index is 1420. The Hall–Kier alpha value is -5.52. The van der Waals surface area contributed by atoms with Gasteiger partial charge in [-0.25, -0.2) is 0 Å². The van der Waals surface area contributed by atoms with Crippen LogP contribution in [-0.4, -0.2) is 59.9 Å². The van der Waals surface area contributed by atoms with Crippen molar-refractivity contribution in [3.8, 4) is 11.5 Å². The van der Waals surface area contributed by atoms with E-state index >= 15 is 0 Å². The highest BCUT2D eigenvalue weighted by molar-refractivity contribution is 5.95. The van der Waals surface area contributed by atoms with Gasteiger partial charge in [-0.15, -0.1) is 0 Å². The molecule has 0 spiro atoms. The van der Waals surface area contributed by atoms with E-state index in [-0.39, 0.29) is 24.3 Å². The molecule has 1 unspecified atom stereocenters.